The number of amides is 1. The van der Waals surface area contributed by atoms with E-state index < -0.39 is 0 Å². The van der Waals surface area contributed by atoms with Gasteiger partial charge in [-0.05, 0) is 68.4 Å². The van der Waals surface area contributed by atoms with Crippen molar-refractivity contribution in [3.63, 3.8) is 0 Å². The zero-order valence-corrected chi connectivity index (χ0v) is 21.5. The van der Waals surface area contributed by atoms with Gasteiger partial charge >= 0.3 is 0 Å². The fourth-order valence-electron chi connectivity index (χ4n) is 3.72. The molecule has 1 aromatic carbocycles. The molecule has 1 aliphatic heterocycles. The van der Waals surface area contributed by atoms with Gasteiger partial charge in [0.05, 0.1) is 12.6 Å². The smallest absolute Gasteiger partial charge is 0.221 e. The van der Waals surface area contributed by atoms with E-state index in [0.717, 1.165) is 50.8 Å². The maximum atomic E-state index is 11.1. The number of nitrogens with zero attached hydrogens (tertiary/aromatic N) is 2. The van der Waals surface area contributed by atoms with Gasteiger partial charge < -0.3 is 16.0 Å². The normalized spacial score (nSPS) is 15.2. The van der Waals surface area contributed by atoms with Crippen molar-refractivity contribution in [2.75, 3.05) is 38.0 Å². The van der Waals surface area contributed by atoms with Crippen molar-refractivity contribution in [3.05, 3.63) is 52.2 Å². The Kier molecular flexibility index (Phi) is 11.3. The van der Waals surface area contributed by atoms with E-state index in [1.54, 1.807) is 0 Å². The molecule has 0 aliphatic carbocycles. The zero-order chi connectivity index (χ0) is 21.2. The molecule has 0 radical (unpaired) electrons. The number of nitrogens with one attached hydrogen (secondary N) is 3. The number of halogens is 1. The fraction of sp³-hybridized carbons (Fsp3) is 0.478. The number of aliphatic imine (C=N–C) groups is 1. The van der Waals surface area contributed by atoms with Crippen LogP contribution >= 0.6 is 35.3 Å². The highest BCUT2D eigenvalue weighted by molar-refractivity contribution is 14.0. The molecular weight excluding hydrogens is 521 g/mol. The van der Waals surface area contributed by atoms with Crippen LogP contribution < -0.4 is 16.0 Å². The lowest BCUT2D eigenvalue weighted by Crippen LogP contribution is -2.39. The topological polar surface area (TPSA) is 68.8 Å². The van der Waals surface area contributed by atoms with Crippen LogP contribution in [0.2, 0.25) is 0 Å². The predicted molar refractivity (Wildman–Crippen MR) is 142 cm³/mol. The summed E-state index contributed by atoms with van der Waals surface area (Å²) in [6.07, 6.45) is 3.46. The molecule has 6 nitrogen and oxygen atoms in total. The summed E-state index contributed by atoms with van der Waals surface area (Å²) in [5, 5.41) is 11.8. The van der Waals surface area contributed by atoms with Gasteiger partial charge in [0.25, 0.3) is 0 Å². The summed E-state index contributed by atoms with van der Waals surface area (Å²) in [7, 11) is 0. The van der Waals surface area contributed by atoms with Crippen molar-refractivity contribution < 1.29 is 4.79 Å². The minimum absolute atomic E-state index is 0. The van der Waals surface area contributed by atoms with Gasteiger partial charge in [-0.3, -0.25) is 14.7 Å². The molecule has 2 aromatic rings. The van der Waals surface area contributed by atoms with E-state index in [0.29, 0.717) is 6.04 Å². The third kappa shape index (κ3) is 8.42. The van der Waals surface area contributed by atoms with Gasteiger partial charge in [0, 0.05) is 30.6 Å². The molecule has 3 N–H and O–H groups in total. The lowest BCUT2D eigenvalue weighted by Gasteiger charge is -2.25. The summed E-state index contributed by atoms with van der Waals surface area (Å²) in [5.41, 5.74) is 2.05. The Morgan fingerprint density at radius 2 is 1.90 bits per heavy atom. The molecular formula is C23H34IN5OS. The predicted octanol–water partition coefficient (Wildman–Crippen LogP) is 4.26. The molecule has 1 aliphatic rings. The second-order valence-corrected chi connectivity index (χ2v) is 8.53. The van der Waals surface area contributed by atoms with Crippen molar-refractivity contribution in [1.29, 1.82) is 0 Å². The Morgan fingerprint density at radius 3 is 2.52 bits per heavy atom. The van der Waals surface area contributed by atoms with Crippen LogP contribution in [0, 0.1) is 0 Å². The number of carbonyl (C=O) groups excluding carboxylic acids is 1. The number of guanidine groups is 1. The van der Waals surface area contributed by atoms with Gasteiger partial charge in [-0.25, -0.2) is 0 Å². The third-order valence-corrected chi connectivity index (χ3v) is 6.17. The monoisotopic (exact) mass is 555 g/mol. The lowest BCUT2D eigenvalue weighted by atomic mass is 10.1. The van der Waals surface area contributed by atoms with Crippen LogP contribution in [0.5, 0.6) is 0 Å². The molecule has 1 unspecified atom stereocenters. The Labute approximate surface area is 206 Å². The standard InChI is InChI=1S/C23H33N5OS.HI/c1-3-24-23(25-13-12-19-8-10-20(11-9-19)27-18(2)29)26-17-21(22-7-6-16-30-22)28-14-4-5-15-28;/h6-11,16,21H,3-5,12-15,17H2,1-2H3,(H,27,29)(H2,24,25,26);1H. The molecule has 1 aromatic heterocycles. The largest absolute Gasteiger partial charge is 0.357 e. The Balaban J connectivity index is 0.00000341. The van der Waals surface area contributed by atoms with Gasteiger partial charge in [0.15, 0.2) is 5.96 Å². The zero-order valence-electron chi connectivity index (χ0n) is 18.4. The highest BCUT2D eigenvalue weighted by Gasteiger charge is 2.24. The summed E-state index contributed by atoms with van der Waals surface area (Å²) in [6.45, 7) is 8.35. The molecule has 0 spiro atoms. The van der Waals surface area contributed by atoms with E-state index in [-0.39, 0.29) is 29.9 Å². The van der Waals surface area contributed by atoms with Crippen molar-refractivity contribution in [2.24, 2.45) is 4.99 Å². The molecule has 0 saturated carbocycles. The molecule has 170 valence electrons. The van der Waals surface area contributed by atoms with E-state index in [1.807, 2.05) is 23.5 Å². The first-order valence-corrected chi connectivity index (χ1v) is 11.7. The first kappa shape index (κ1) is 25.6. The fourth-order valence-corrected chi connectivity index (χ4v) is 4.57. The van der Waals surface area contributed by atoms with E-state index in [1.165, 1.54) is 30.2 Å². The molecule has 1 fully saturated rings. The highest BCUT2D eigenvalue weighted by Crippen LogP contribution is 2.28. The van der Waals surface area contributed by atoms with Crippen molar-refractivity contribution in [3.8, 4) is 0 Å². The lowest BCUT2D eigenvalue weighted by molar-refractivity contribution is -0.114. The van der Waals surface area contributed by atoms with Crippen molar-refractivity contribution in [2.45, 2.75) is 39.2 Å². The van der Waals surface area contributed by atoms with Crippen LogP contribution in [0.3, 0.4) is 0 Å². The first-order chi connectivity index (χ1) is 14.7. The molecule has 31 heavy (non-hydrogen) atoms. The van der Waals surface area contributed by atoms with Crippen LogP contribution in [0.1, 0.15) is 43.2 Å². The number of hydrogen-bond acceptors (Lipinski definition) is 4. The molecule has 3 rings (SSSR count). The molecule has 2 heterocycles. The molecule has 8 heteroatoms. The van der Waals surface area contributed by atoms with Crippen LogP contribution in [0.15, 0.2) is 46.8 Å². The average Bonchev–Trinajstić information content (AvgIpc) is 3.44. The van der Waals surface area contributed by atoms with Gasteiger partial charge in [-0.1, -0.05) is 18.2 Å². The van der Waals surface area contributed by atoms with E-state index in [9.17, 15) is 4.79 Å². The Bertz CT molecular complexity index is 804. The minimum Gasteiger partial charge on any atom is -0.357 e. The number of hydrogen-bond donors (Lipinski definition) is 3. The number of benzene rings is 1. The minimum atomic E-state index is -0.0503. The summed E-state index contributed by atoms with van der Waals surface area (Å²) < 4.78 is 0. The molecule has 1 saturated heterocycles. The Hall–Kier alpha value is -1.65. The van der Waals surface area contributed by atoms with Crippen molar-refractivity contribution in [1.82, 2.24) is 15.5 Å². The Morgan fingerprint density at radius 1 is 1.16 bits per heavy atom. The highest BCUT2D eigenvalue weighted by atomic mass is 127. The number of rotatable bonds is 9. The molecule has 1 amide bonds. The summed E-state index contributed by atoms with van der Waals surface area (Å²) in [5.74, 6) is 0.818. The van der Waals surface area contributed by atoms with Crippen LogP contribution in [-0.2, 0) is 11.2 Å². The summed E-state index contributed by atoms with van der Waals surface area (Å²) in [4.78, 5) is 20.0. The van der Waals surface area contributed by atoms with Crippen LogP contribution in [-0.4, -0.2) is 49.5 Å². The van der Waals surface area contributed by atoms with Gasteiger partial charge in [0.2, 0.25) is 5.91 Å². The summed E-state index contributed by atoms with van der Waals surface area (Å²) in [6, 6.07) is 12.7. The number of anilines is 1. The van der Waals surface area contributed by atoms with Crippen LogP contribution in [0.25, 0.3) is 0 Å². The number of carbonyl (C=O) groups is 1. The van der Waals surface area contributed by atoms with Gasteiger partial charge in [-0.2, -0.15) is 0 Å². The SMILES string of the molecule is CCNC(=NCC(c1cccs1)N1CCCC1)NCCc1ccc(NC(C)=O)cc1.I. The second-order valence-electron chi connectivity index (χ2n) is 7.55. The quantitative estimate of drug-likeness (QED) is 0.246. The molecule has 0 bridgehead atoms. The van der Waals surface area contributed by atoms with Crippen LogP contribution in [0.4, 0.5) is 5.69 Å². The number of thiophene rings is 1. The maximum Gasteiger partial charge on any atom is 0.221 e. The maximum absolute atomic E-state index is 11.1. The van der Waals surface area contributed by atoms with Gasteiger partial charge in [0.1, 0.15) is 0 Å². The van der Waals surface area contributed by atoms with Gasteiger partial charge in [-0.15, -0.1) is 35.3 Å². The van der Waals surface area contributed by atoms with E-state index >= 15 is 0 Å². The first-order valence-electron chi connectivity index (χ1n) is 10.8. The number of likely N-dealkylation sites (tertiary alicyclic amines) is 1. The second kappa shape index (κ2) is 13.7. The van der Waals surface area contributed by atoms with E-state index in [4.69, 9.17) is 4.99 Å². The van der Waals surface area contributed by atoms with E-state index in [2.05, 4.69) is 57.4 Å². The average molecular weight is 556 g/mol. The molecule has 1 atom stereocenters. The summed E-state index contributed by atoms with van der Waals surface area (Å²) >= 11 is 1.82. The third-order valence-electron chi connectivity index (χ3n) is 5.20. The van der Waals surface area contributed by atoms with Crippen molar-refractivity contribution >= 4 is 52.9 Å².